The predicted molar refractivity (Wildman–Crippen MR) is 92.8 cm³/mol. The number of thiophene rings is 1. The maximum Gasteiger partial charge on any atom is 0.262 e. The molecule has 0 aliphatic heterocycles. The third-order valence-electron chi connectivity index (χ3n) is 3.93. The van der Waals surface area contributed by atoms with Crippen LogP contribution in [-0.4, -0.2) is 9.55 Å². The molecule has 0 saturated heterocycles. The van der Waals surface area contributed by atoms with Gasteiger partial charge in [-0.1, -0.05) is 37.3 Å². The summed E-state index contributed by atoms with van der Waals surface area (Å²) >= 11 is 1.63. The number of hydrogen-bond donors (Lipinski definition) is 0. The number of fused-ring (bicyclic) bond motifs is 1. The van der Waals surface area contributed by atoms with Gasteiger partial charge in [-0.2, -0.15) is 0 Å². The van der Waals surface area contributed by atoms with Crippen LogP contribution in [0.5, 0.6) is 0 Å². The molecule has 0 radical (unpaired) electrons. The molecule has 0 aliphatic carbocycles. The van der Waals surface area contributed by atoms with Crippen LogP contribution in [0.1, 0.15) is 29.6 Å². The summed E-state index contributed by atoms with van der Waals surface area (Å²) in [5.41, 5.74) is 1.41. The molecule has 1 aromatic carbocycles. The van der Waals surface area contributed by atoms with Crippen LogP contribution in [0.15, 0.2) is 41.2 Å². The van der Waals surface area contributed by atoms with E-state index in [4.69, 9.17) is 0 Å². The molecule has 2 heterocycles. The number of rotatable bonds is 5. The van der Waals surface area contributed by atoms with Crippen molar-refractivity contribution in [1.82, 2.24) is 9.55 Å². The highest BCUT2D eigenvalue weighted by molar-refractivity contribution is 7.18. The number of aromatic nitrogens is 2. The normalized spacial score (nSPS) is 11.2. The van der Waals surface area contributed by atoms with E-state index in [0.717, 1.165) is 41.8 Å². The highest BCUT2D eigenvalue weighted by atomic mass is 32.1. The molecule has 0 spiro atoms. The van der Waals surface area contributed by atoms with Crippen molar-refractivity contribution in [3.63, 3.8) is 0 Å². The van der Waals surface area contributed by atoms with Crippen molar-refractivity contribution >= 4 is 21.6 Å². The second-order valence-electron chi connectivity index (χ2n) is 5.49. The fraction of sp³-hybridized carbons (Fsp3) is 0.333. The average molecular weight is 312 g/mol. The summed E-state index contributed by atoms with van der Waals surface area (Å²) in [4.78, 5) is 19.4. The Hall–Kier alpha value is -1.94. The van der Waals surface area contributed by atoms with Gasteiger partial charge in [-0.05, 0) is 37.8 Å². The van der Waals surface area contributed by atoms with Gasteiger partial charge in [-0.3, -0.25) is 9.36 Å². The van der Waals surface area contributed by atoms with Crippen LogP contribution >= 0.6 is 11.3 Å². The van der Waals surface area contributed by atoms with Crippen molar-refractivity contribution in [2.24, 2.45) is 0 Å². The van der Waals surface area contributed by atoms with Crippen molar-refractivity contribution in [3.05, 3.63) is 63.0 Å². The Balaban J connectivity index is 1.82. The van der Waals surface area contributed by atoms with Crippen LogP contribution in [0.25, 0.3) is 10.2 Å². The van der Waals surface area contributed by atoms with Gasteiger partial charge in [0.15, 0.2) is 0 Å². The molecule has 0 amide bonds. The average Bonchev–Trinajstić information content (AvgIpc) is 2.95. The van der Waals surface area contributed by atoms with Gasteiger partial charge >= 0.3 is 0 Å². The summed E-state index contributed by atoms with van der Waals surface area (Å²) in [6.07, 6.45) is 2.88. The van der Waals surface area contributed by atoms with Gasteiger partial charge in [0, 0.05) is 11.4 Å². The first-order valence-corrected chi connectivity index (χ1v) is 8.54. The molecule has 0 atom stereocenters. The van der Waals surface area contributed by atoms with E-state index in [1.807, 2.05) is 23.6 Å². The van der Waals surface area contributed by atoms with Crippen LogP contribution < -0.4 is 5.56 Å². The molecule has 3 rings (SSSR count). The van der Waals surface area contributed by atoms with Crippen molar-refractivity contribution in [3.8, 4) is 0 Å². The zero-order valence-corrected chi connectivity index (χ0v) is 13.8. The van der Waals surface area contributed by atoms with Gasteiger partial charge < -0.3 is 0 Å². The van der Waals surface area contributed by atoms with E-state index in [0.29, 0.717) is 0 Å². The number of nitrogens with zero attached hydrogens (tertiary/aromatic N) is 2. The van der Waals surface area contributed by atoms with E-state index in [1.165, 1.54) is 10.4 Å². The fourth-order valence-corrected chi connectivity index (χ4v) is 3.69. The summed E-state index contributed by atoms with van der Waals surface area (Å²) < 4.78 is 1.82. The summed E-state index contributed by atoms with van der Waals surface area (Å²) in [6.45, 7) is 4.75. The number of benzene rings is 1. The van der Waals surface area contributed by atoms with Crippen molar-refractivity contribution in [1.29, 1.82) is 0 Å². The minimum Gasteiger partial charge on any atom is -0.296 e. The van der Waals surface area contributed by atoms with Crippen molar-refractivity contribution in [2.75, 3.05) is 0 Å². The molecule has 4 heteroatoms. The molecule has 0 aliphatic rings. The zero-order valence-electron chi connectivity index (χ0n) is 13.0. The first-order valence-electron chi connectivity index (χ1n) is 7.73. The van der Waals surface area contributed by atoms with Crippen molar-refractivity contribution in [2.45, 2.75) is 39.7 Å². The van der Waals surface area contributed by atoms with Crippen LogP contribution in [-0.2, 0) is 19.4 Å². The van der Waals surface area contributed by atoms with Gasteiger partial charge in [0.05, 0.1) is 5.39 Å². The van der Waals surface area contributed by atoms with Crippen molar-refractivity contribution < 1.29 is 0 Å². The van der Waals surface area contributed by atoms with Gasteiger partial charge in [0.1, 0.15) is 10.7 Å². The summed E-state index contributed by atoms with van der Waals surface area (Å²) in [5, 5.41) is 0.771. The lowest BCUT2D eigenvalue weighted by Crippen LogP contribution is -2.23. The summed E-state index contributed by atoms with van der Waals surface area (Å²) in [7, 11) is 0. The van der Waals surface area contributed by atoms with Crippen LogP contribution in [0.4, 0.5) is 0 Å². The molecule has 0 saturated carbocycles. The Labute approximate surface area is 134 Å². The largest absolute Gasteiger partial charge is 0.296 e. The molecular weight excluding hydrogens is 292 g/mol. The van der Waals surface area contributed by atoms with E-state index in [-0.39, 0.29) is 5.56 Å². The third-order valence-corrected chi connectivity index (χ3v) is 5.10. The molecular formula is C18H20N2OS. The van der Waals surface area contributed by atoms with Crippen LogP contribution in [0.2, 0.25) is 0 Å². The fourth-order valence-electron chi connectivity index (χ4n) is 2.69. The summed E-state index contributed by atoms with van der Waals surface area (Å²) in [5.74, 6) is 0.815. The smallest absolute Gasteiger partial charge is 0.262 e. The number of aryl methyl sites for hydroxylation is 3. The quantitative estimate of drug-likeness (QED) is 0.714. The standard InChI is InChI=1S/C18H20N2OS/c1-3-15-12-16-17(22-15)19-13(2)20(18(16)21)11-7-10-14-8-5-4-6-9-14/h4-6,8-9,12H,3,7,10-11H2,1-2H3. The molecule has 0 unspecified atom stereocenters. The van der Waals surface area contributed by atoms with E-state index in [9.17, 15) is 4.79 Å². The van der Waals surface area contributed by atoms with Crippen LogP contribution in [0, 0.1) is 6.92 Å². The van der Waals surface area contributed by atoms with E-state index in [1.54, 1.807) is 11.3 Å². The molecule has 114 valence electrons. The molecule has 3 aromatic rings. The second kappa shape index (κ2) is 6.44. The third kappa shape index (κ3) is 2.97. The lowest BCUT2D eigenvalue weighted by Gasteiger charge is -2.09. The van der Waals surface area contributed by atoms with E-state index >= 15 is 0 Å². The number of hydrogen-bond acceptors (Lipinski definition) is 3. The monoisotopic (exact) mass is 312 g/mol. The Morgan fingerprint density at radius 3 is 2.73 bits per heavy atom. The Morgan fingerprint density at radius 2 is 2.00 bits per heavy atom. The molecule has 0 bridgehead atoms. The Kier molecular flexibility index (Phi) is 4.39. The minimum atomic E-state index is 0.103. The second-order valence-corrected chi connectivity index (χ2v) is 6.61. The molecule has 2 aromatic heterocycles. The maximum absolute atomic E-state index is 12.7. The SMILES string of the molecule is CCc1cc2c(=O)n(CCCc3ccccc3)c(C)nc2s1. The molecule has 0 N–H and O–H groups in total. The van der Waals surface area contributed by atoms with Crippen LogP contribution in [0.3, 0.4) is 0 Å². The highest BCUT2D eigenvalue weighted by Crippen LogP contribution is 2.22. The first-order chi connectivity index (χ1) is 10.7. The molecule has 22 heavy (non-hydrogen) atoms. The van der Waals surface area contributed by atoms with Gasteiger partial charge in [-0.15, -0.1) is 11.3 Å². The summed E-state index contributed by atoms with van der Waals surface area (Å²) in [6, 6.07) is 12.4. The lowest BCUT2D eigenvalue weighted by atomic mass is 10.1. The maximum atomic E-state index is 12.7. The first kappa shape index (κ1) is 15.0. The zero-order chi connectivity index (χ0) is 15.5. The van der Waals surface area contributed by atoms with E-state index in [2.05, 4.69) is 36.2 Å². The lowest BCUT2D eigenvalue weighted by molar-refractivity contribution is 0.599. The Bertz CT molecular complexity index is 833. The molecule has 3 nitrogen and oxygen atoms in total. The predicted octanol–water partition coefficient (Wildman–Crippen LogP) is 3.96. The van der Waals surface area contributed by atoms with Gasteiger partial charge in [0.2, 0.25) is 0 Å². The van der Waals surface area contributed by atoms with Gasteiger partial charge in [-0.25, -0.2) is 4.98 Å². The Morgan fingerprint density at radius 1 is 1.23 bits per heavy atom. The minimum absolute atomic E-state index is 0.103. The van der Waals surface area contributed by atoms with Gasteiger partial charge in [0.25, 0.3) is 5.56 Å². The molecule has 0 fully saturated rings. The topological polar surface area (TPSA) is 34.9 Å². The highest BCUT2D eigenvalue weighted by Gasteiger charge is 2.11. The van der Waals surface area contributed by atoms with E-state index < -0.39 is 0 Å².